The van der Waals surface area contributed by atoms with E-state index in [0.717, 1.165) is 38.5 Å². The molecule has 2 aliphatic carbocycles. The van der Waals surface area contributed by atoms with E-state index in [9.17, 15) is 14.7 Å². The summed E-state index contributed by atoms with van der Waals surface area (Å²) in [5.74, 6) is -0.484. The van der Waals surface area contributed by atoms with E-state index in [1.807, 2.05) is 19.1 Å². The molecule has 2 saturated carbocycles. The third kappa shape index (κ3) is 5.31. The molecule has 0 aliphatic heterocycles. The highest BCUT2D eigenvalue weighted by Gasteiger charge is 2.28. The molecule has 1 amide bonds. The van der Waals surface area contributed by atoms with Crippen LogP contribution in [0.4, 0.5) is 4.79 Å². The second-order valence-electron chi connectivity index (χ2n) is 9.33. The van der Waals surface area contributed by atoms with Crippen molar-refractivity contribution in [2.75, 3.05) is 7.05 Å². The molecule has 0 aromatic carbocycles. The van der Waals surface area contributed by atoms with Crippen LogP contribution in [0.1, 0.15) is 62.8 Å². The van der Waals surface area contributed by atoms with Crippen molar-refractivity contribution in [1.29, 1.82) is 0 Å². The summed E-state index contributed by atoms with van der Waals surface area (Å²) in [6, 6.07) is 3.91. The largest absolute Gasteiger partial charge is 0.489 e. The smallest absolute Gasteiger partial charge is 0.410 e. The Labute approximate surface area is 199 Å². The van der Waals surface area contributed by atoms with Gasteiger partial charge < -0.3 is 19.5 Å². The summed E-state index contributed by atoms with van der Waals surface area (Å²) in [7, 11) is 3.52. The van der Waals surface area contributed by atoms with Crippen molar-refractivity contribution in [3.8, 4) is 17.1 Å². The van der Waals surface area contributed by atoms with Crippen LogP contribution in [0.5, 0.6) is 5.75 Å². The minimum absolute atomic E-state index is 0.0480. The molecule has 10 heteroatoms. The maximum atomic E-state index is 12.4. The Bertz CT molecular complexity index is 1030. The van der Waals surface area contributed by atoms with E-state index in [4.69, 9.17) is 9.47 Å². The topological polar surface area (TPSA) is 120 Å². The van der Waals surface area contributed by atoms with Gasteiger partial charge in [-0.05, 0) is 64.0 Å². The lowest BCUT2D eigenvalue weighted by Gasteiger charge is -2.33. The first-order valence-electron chi connectivity index (χ1n) is 12.0. The number of aryl methyl sites for hydroxylation is 2. The number of nitrogens with zero attached hydrogens (tertiary/aromatic N) is 5. The Kier molecular flexibility index (Phi) is 7.33. The number of carbonyl (C=O) groups excluding carboxylic acids is 1. The van der Waals surface area contributed by atoms with Crippen LogP contribution in [-0.4, -0.2) is 61.2 Å². The minimum Gasteiger partial charge on any atom is -0.489 e. The molecule has 2 atom stereocenters. The lowest BCUT2D eigenvalue weighted by atomic mass is 9.92. The fraction of sp³-hybridized carbons (Fsp3) is 0.625. The fourth-order valence-electron chi connectivity index (χ4n) is 4.52. The van der Waals surface area contributed by atoms with Gasteiger partial charge in [0.2, 0.25) is 0 Å². The molecule has 0 saturated heterocycles. The number of carboxylic acid groups (broad SMARTS) is 1. The Balaban J connectivity index is 1.44. The zero-order valence-corrected chi connectivity index (χ0v) is 20.1. The molecule has 1 N–H and O–H groups in total. The van der Waals surface area contributed by atoms with Crippen molar-refractivity contribution in [2.45, 2.75) is 77.0 Å². The van der Waals surface area contributed by atoms with Gasteiger partial charge >= 0.3 is 12.1 Å². The van der Waals surface area contributed by atoms with Crippen LogP contribution in [0.2, 0.25) is 0 Å². The Morgan fingerprint density at radius 1 is 1.18 bits per heavy atom. The molecule has 34 heavy (non-hydrogen) atoms. The molecule has 2 aromatic heterocycles. The van der Waals surface area contributed by atoms with Crippen LogP contribution in [0.25, 0.3) is 11.4 Å². The quantitative estimate of drug-likeness (QED) is 0.607. The van der Waals surface area contributed by atoms with Crippen molar-refractivity contribution in [1.82, 2.24) is 24.9 Å². The number of hydrogen-bond donors (Lipinski definition) is 1. The molecule has 2 heterocycles. The molecule has 2 unspecified atom stereocenters. The number of aliphatic carboxylic acids is 1. The average molecular weight is 472 g/mol. The van der Waals surface area contributed by atoms with Gasteiger partial charge in [-0.2, -0.15) is 0 Å². The summed E-state index contributed by atoms with van der Waals surface area (Å²) < 4.78 is 13.3. The number of rotatable bonds is 7. The lowest BCUT2D eigenvalue weighted by molar-refractivity contribution is -0.142. The molecular formula is C24H33N5O5. The van der Waals surface area contributed by atoms with Gasteiger partial charge in [0.1, 0.15) is 23.7 Å². The predicted molar refractivity (Wildman–Crippen MR) is 123 cm³/mol. The first kappa shape index (κ1) is 24.0. The molecule has 0 radical (unpaired) electrons. The van der Waals surface area contributed by atoms with E-state index >= 15 is 0 Å². The molecule has 0 bridgehead atoms. The first-order valence-corrected chi connectivity index (χ1v) is 12.0. The number of amides is 1. The highest BCUT2D eigenvalue weighted by molar-refractivity contribution is 5.70. The first-order chi connectivity index (χ1) is 16.3. The zero-order chi connectivity index (χ0) is 24.2. The van der Waals surface area contributed by atoms with Crippen LogP contribution < -0.4 is 4.74 Å². The Hall–Kier alpha value is -3.17. The van der Waals surface area contributed by atoms with Gasteiger partial charge in [-0.3, -0.25) is 4.79 Å². The van der Waals surface area contributed by atoms with Crippen molar-refractivity contribution < 1.29 is 24.2 Å². The number of hydrogen-bond acceptors (Lipinski definition) is 7. The monoisotopic (exact) mass is 471 g/mol. The number of carboxylic acids is 1. The molecule has 10 nitrogen and oxygen atoms in total. The second kappa shape index (κ2) is 10.4. The van der Waals surface area contributed by atoms with Crippen molar-refractivity contribution >= 4 is 12.1 Å². The van der Waals surface area contributed by atoms with Crippen molar-refractivity contribution in [2.24, 2.45) is 13.0 Å². The summed E-state index contributed by atoms with van der Waals surface area (Å²) in [6.07, 6.45) is 6.57. The number of aromatic nitrogens is 4. The van der Waals surface area contributed by atoms with Crippen LogP contribution in [0.3, 0.4) is 0 Å². The normalized spacial score (nSPS) is 20.8. The highest BCUT2D eigenvalue weighted by Crippen LogP contribution is 2.30. The summed E-state index contributed by atoms with van der Waals surface area (Å²) in [4.78, 5) is 30.2. The van der Waals surface area contributed by atoms with E-state index in [0.29, 0.717) is 41.4 Å². The van der Waals surface area contributed by atoms with Gasteiger partial charge in [0.05, 0.1) is 23.4 Å². The van der Waals surface area contributed by atoms with E-state index in [2.05, 4.69) is 15.3 Å². The van der Waals surface area contributed by atoms with Gasteiger partial charge in [0.25, 0.3) is 0 Å². The van der Waals surface area contributed by atoms with E-state index in [-0.39, 0.29) is 30.8 Å². The van der Waals surface area contributed by atoms with Gasteiger partial charge in [-0.25, -0.2) is 14.5 Å². The third-order valence-electron chi connectivity index (χ3n) is 6.98. The number of carbonyl (C=O) groups is 2. The van der Waals surface area contributed by atoms with Gasteiger partial charge in [0, 0.05) is 20.1 Å². The Morgan fingerprint density at radius 2 is 1.94 bits per heavy atom. The second-order valence-corrected chi connectivity index (χ2v) is 9.33. The molecule has 0 spiro atoms. The summed E-state index contributed by atoms with van der Waals surface area (Å²) in [5, 5.41) is 17.8. The summed E-state index contributed by atoms with van der Waals surface area (Å²) >= 11 is 0. The van der Waals surface area contributed by atoms with Crippen LogP contribution >= 0.6 is 0 Å². The van der Waals surface area contributed by atoms with E-state index < -0.39 is 5.97 Å². The molecule has 4 rings (SSSR count). The SMILES string of the molecule is Cc1nc(-c2nnn(C)c2COC(=O)N(C)C2CCC2)ccc1OC1CCCCC(C(=O)O)C1. The molecule has 184 valence electrons. The molecule has 2 fully saturated rings. The third-order valence-corrected chi connectivity index (χ3v) is 6.98. The van der Waals surface area contributed by atoms with Crippen LogP contribution in [0.15, 0.2) is 12.1 Å². The molecule has 2 aliphatic rings. The van der Waals surface area contributed by atoms with Crippen molar-refractivity contribution in [3.05, 3.63) is 23.5 Å². The zero-order valence-electron chi connectivity index (χ0n) is 20.1. The maximum absolute atomic E-state index is 12.4. The van der Waals surface area contributed by atoms with Crippen molar-refractivity contribution in [3.63, 3.8) is 0 Å². The average Bonchev–Trinajstić information content (AvgIpc) is 2.97. The fourth-order valence-corrected chi connectivity index (χ4v) is 4.52. The standard InChI is InChI=1S/C24H33N5O5/c1-15-21(34-18-10-5-4-7-16(13-18)23(30)31)12-11-19(25-15)22-20(29(3)27-26-22)14-33-24(32)28(2)17-8-6-9-17/h11-12,16-18H,4-10,13-14H2,1-3H3,(H,30,31). The number of pyridine rings is 1. The van der Waals surface area contributed by atoms with Gasteiger partial charge in [0.15, 0.2) is 0 Å². The van der Waals surface area contributed by atoms with Crippen LogP contribution in [0, 0.1) is 12.8 Å². The Morgan fingerprint density at radius 3 is 2.62 bits per heavy atom. The maximum Gasteiger partial charge on any atom is 0.410 e. The van der Waals surface area contributed by atoms with Gasteiger partial charge in [-0.1, -0.05) is 11.6 Å². The minimum atomic E-state index is -0.754. The molecular weight excluding hydrogens is 438 g/mol. The highest BCUT2D eigenvalue weighted by atomic mass is 16.6. The summed E-state index contributed by atoms with van der Waals surface area (Å²) in [5.41, 5.74) is 2.51. The lowest BCUT2D eigenvalue weighted by Crippen LogP contribution is -2.41. The van der Waals surface area contributed by atoms with E-state index in [1.54, 1.807) is 23.7 Å². The molecule has 2 aromatic rings. The number of ether oxygens (including phenoxy) is 2. The summed E-state index contributed by atoms with van der Waals surface area (Å²) in [6.45, 7) is 1.90. The van der Waals surface area contributed by atoms with E-state index in [1.165, 1.54) is 0 Å². The van der Waals surface area contributed by atoms with Crippen LogP contribution in [-0.2, 0) is 23.2 Å². The predicted octanol–water partition coefficient (Wildman–Crippen LogP) is 3.72. The van der Waals surface area contributed by atoms with Gasteiger partial charge in [-0.15, -0.1) is 5.10 Å².